The van der Waals surface area contributed by atoms with Gasteiger partial charge in [-0.25, -0.2) is 8.42 Å². The van der Waals surface area contributed by atoms with Crippen LogP contribution in [0.1, 0.15) is 16.8 Å². The molecule has 152 valence electrons. The highest BCUT2D eigenvalue weighted by molar-refractivity contribution is 7.91. The number of hydrogen-bond donors (Lipinski definition) is 1. The van der Waals surface area contributed by atoms with Crippen molar-refractivity contribution >= 4 is 28.2 Å². The van der Waals surface area contributed by atoms with Crippen LogP contribution in [0.25, 0.3) is 0 Å². The summed E-state index contributed by atoms with van der Waals surface area (Å²) < 4.78 is 29.2. The van der Waals surface area contributed by atoms with Crippen LogP contribution in [0.2, 0.25) is 0 Å². The molecule has 1 aromatic carbocycles. The smallest absolute Gasteiger partial charge is 0.253 e. The number of halogens is 1. The van der Waals surface area contributed by atoms with E-state index in [4.69, 9.17) is 4.74 Å². The number of likely N-dealkylation sites (tertiary alicyclic amines) is 1. The number of sulfone groups is 1. The largest absolute Gasteiger partial charge is 0.384 e. The van der Waals surface area contributed by atoms with E-state index in [0.29, 0.717) is 11.6 Å². The van der Waals surface area contributed by atoms with E-state index >= 15 is 0 Å². The number of methoxy groups -OCH3 is 1. The van der Waals surface area contributed by atoms with Crippen LogP contribution < -0.4 is 5.32 Å². The summed E-state index contributed by atoms with van der Waals surface area (Å²) in [5.74, 6) is -0.0848. The zero-order chi connectivity index (χ0) is 18.6. The van der Waals surface area contributed by atoms with Crippen LogP contribution in [0, 0.1) is 0 Å². The Balaban J connectivity index is 0.00000261. The second kappa shape index (κ2) is 9.84. The van der Waals surface area contributed by atoms with Crippen LogP contribution >= 0.6 is 12.4 Å². The van der Waals surface area contributed by atoms with E-state index in [1.807, 2.05) is 4.90 Å². The Morgan fingerprint density at radius 2 is 1.85 bits per heavy atom. The van der Waals surface area contributed by atoms with E-state index < -0.39 is 9.84 Å². The molecule has 0 aliphatic carbocycles. The lowest BCUT2D eigenvalue weighted by Gasteiger charge is -2.32. The summed E-state index contributed by atoms with van der Waals surface area (Å²) in [4.78, 5) is 17.3. The van der Waals surface area contributed by atoms with Crippen molar-refractivity contribution in [3.63, 3.8) is 0 Å². The lowest BCUT2D eigenvalue weighted by molar-refractivity contribution is 0.0773. The summed E-state index contributed by atoms with van der Waals surface area (Å²) in [5.41, 5.74) is 0.539. The zero-order valence-electron chi connectivity index (χ0n) is 15.6. The lowest BCUT2D eigenvalue weighted by atomic mass is 10.2. The molecule has 27 heavy (non-hydrogen) atoms. The van der Waals surface area contributed by atoms with E-state index in [1.165, 1.54) is 19.2 Å². The summed E-state index contributed by atoms with van der Waals surface area (Å²) >= 11 is 0. The first-order valence-electron chi connectivity index (χ1n) is 9.07. The maximum absolute atomic E-state index is 12.7. The number of ether oxygens (including phenoxy) is 1. The number of nitrogens with one attached hydrogen (secondary N) is 1. The predicted octanol–water partition coefficient (Wildman–Crippen LogP) is 0.648. The van der Waals surface area contributed by atoms with Crippen molar-refractivity contribution in [2.24, 2.45) is 0 Å². The minimum atomic E-state index is -3.37. The van der Waals surface area contributed by atoms with Gasteiger partial charge in [-0.3, -0.25) is 9.69 Å². The Bertz CT molecular complexity index is 721. The number of hydrogen-bond acceptors (Lipinski definition) is 6. The molecule has 2 saturated heterocycles. The van der Waals surface area contributed by atoms with Gasteiger partial charge in [0.25, 0.3) is 5.91 Å². The maximum Gasteiger partial charge on any atom is 0.253 e. The van der Waals surface area contributed by atoms with E-state index in [2.05, 4.69) is 10.2 Å². The molecule has 1 unspecified atom stereocenters. The molecule has 0 aromatic heterocycles. The summed E-state index contributed by atoms with van der Waals surface area (Å²) in [6, 6.07) is 6.68. The molecule has 1 amide bonds. The molecule has 7 nitrogen and oxygen atoms in total. The summed E-state index contributed by atoms with van der Waals surface area (Å²) in [5, 5.41) is 3.35. The fourth-order valence-corrected chi connectivity index (χ4v) is 4.74. The third-order valence-corrected chi connectivity index (χ3v) is 6.83. The van der Waals surface area contributed by atoms with Gasteiger partial charge in [0.05, 0.1) is 17.3 Å². The molecule has 2 heterocycles. The molecular formula is C18H28ClN3O4S. The Kier molecular flexibility index (Phi) is 8.05. The molecule has 0 saturated carbocycles. The molecule has 1 N–H and O–H groups in total. The molecule has 9 heteroatoms. The predicted molar refractivity (Wildman–Crippen MR) is 106 cm³/mol. The van der Waals surface area contributed by atoms with Gasteiger partial charge in [-0.15, -0.1) is 12.4 Å². The van der Waals surface area contributed by atoms with E-state index in [0.717, 1.165) is 45.7 Å². The molecule has 0 spiro atoms. The number of rotatable bonds is 6. The highest BCUT2D eigenvalue weighted by Gasteiger charge is 2.31. The van der Waals surface area contributed by atoms with E-state index in [-0.39, 0.29) is 35.6 Å². The molecule has 0 radical (unpaired) electrons. The molecule has 3 rings (SSSR count). The van der Waals surface area contributed by atoms with Crippen molar-refractivity contribution < 1.29 is 17.9 Å². The molecule has 1 aromatic rings. The van der Waals surface area contributed by atoms with Gasteiger partial charge in [0, 0.05) is 58.0 Å². The van der Waals surface area contributed by atoms with E-state index in [1.54, 1.807) is 12.1 Å². The second-order valence-electron chi connectivity index (χ2n) is 6.82. The number of nitrogens with zero attached hydrogens (tertiary/aromatic N) is 2. The molecule has 0 bridgehead atoms. The minimum Gasteiger partial charge on any atom is -0.384 e. The highest BCUT2D eigenvalue weighted by atomic mass is 35.5. The van der Waals surface area contributed by atoms with Crippen molar-refractivity contribution in [1.29, 1.82) is 0 Å². The number of carbonyl (C=O) groups excluding carboxylic acids is 1. The van der Waals surface area contributed by atoms with Crippen molar-refractivity contribution in [3.8, 4) is 0 Å². The van der Waals surface area contributed by atoms with E-state index in [9.17, 15) is 13.2 Å². The van der Waals surface area contributed by atoms with Gasteiger partial charge < -0.3 is 15.0 Å². The lowest BCUT2D eigenvalue weighted by Crippen LogP contribution is -2.49. The van der Waals surface area contributed by atoms with Crippen LogP contribution in [0.3, 0.4) is 0 Å². The van der Waals surface area contributed by atoms with Gasteiger partial charge >= 0.3 is 0 Å². The van der Waals surface area contributed by atoms with Gasteiger partial charge in [0.2, 0.25) is 0 Å². The van der Waals surface area contributed by atoms with Gasteiger partial charge in [0.15, 0.2) is 9.84 Å². The highest BCUT2D eigenvalue weighted by Crippen LogP contribution is 2.20. The van der Waals surface area contributed by atoms with Crippen LogP contribution in [0.15, 0.2) is 29.2 Å². The Hall–Kier alpha value is -1.19. The third kappa shape index (κ3) is 5.42. The van der Waals surface area contributed by atoms with Crippen molar-refractivity contribution in [3.05, 3.63) is 29.8 Å². The molecule has 2 aliphatic heterocycles. The first-order chi connectivity index (χ1) is 12.5. The van der Waals surface area contributed by atoms with Crippen LogP contribution in [-0.4, -0.2) is 88.9 Å². The summed E-state index contributed by atoms with van der Waals surface area (Å²) in [6.07, 6.45) is 0.995. The average molecular weight is 418 g/mol. The quantitative estimate of drug-likeness (QED) is 0.732. The second-order valence-corrected chi connectivity index (χ2v) is 8.92. The van der Waals surface area contributed by atoms with Crippen LogP contribution in [0.5, 0.6) is 0 Å². The first kappa shape index (κ1) is 22.1. The Labute approximate surface area is 167 Å². The standard InChI is InChI=1S/C18H27N3O4S.ClH/c1-25-12-13-26(23,24)17-4-2-15(3-5-17)18(22)21-9-6-16(14-21)20-10-7-19-8-11-20;/h2-5,16,19H,6-14H2,1H3;1H. The monoisotopic (exact) mass is 417 g/mol. The van der Waals surface area contributed by atoms with Crippen molar-refractivity contribution in [2.45, 2.75) is 17.4 Å². The van der Waals surface area contributed by atoms with Gasteiger partial charge in [0.1, 0.15) is 0 Å². The first-order valence-corrected chi connectivity index (χ1v) is 10.7. The minimum absolute atomic E-state index is 0. The van der Waals surface area contributed by atoms with Crippen LogP contribution in [-0.2, 0) is 14.6 Å². The zero-order valence-corrected chi connectivity index (χ0v) is 17.2. The molecule has 2 aliphatic rings. The van der Waals surface area contributed by atoms with Gasteiger partial charge in [-0.05, 0) is 30.7 Å². The van der Waals surface area contributed by atoms with Gasteiger partial charge in [-0.2, -0.15) is 0 Å². The molecular weight excluding hydrogens is 390 g/mol. The number of piperazine rings is 1. The van der Waals surface area contributed by atoms with Crippen molar-refractivity contribution in [1.82, 2.24) is 15.1 Å². The maximum atomic E-state index is 12.7. The fraction of sp³-hybridized carbons (Fsp3) is 0.611. The Morgan fingerprint density at radius 1 is 1.19 bits per heavy atom. The number of carbonyl (C=O) groups is 1. The van der Waals surface area contributed by atoms with Crippen molar-refractivity contribution in [2.75, 3.05) is 58.7 Å². The van der Waals surface area contributed by atoms with Gasteiger partial charge in [-0.1, -0.05) is 0 Å². The Morgan fingerprint density at radius 3 is 2.48 bits per heavy atom. The summed E-state index contributed by atoms with van der Waals surface area (Å²) in [7, 11) is -1.90. The average Bonchev–Trinajstić information content (AvgIpc) is 3.17. The van der Waals surface area contributed by atoms with Crippen LogP contribution in [0.4, 0.5) is 0 Å². The fourth-order valence-electron chi connectivity index (χ4n) is 3.57. The SMILES string of the molecule is COCCS(=O)(=O)c1ccc(C(=O)N2CCC(N3CCNCC3)C2)cc1.Cl. The molecule has 1 atom stereocenters. The number of benzene rings is 1. The molecule has 2 fully saturated rings. The topological polar surface area (TPSA) is 79.0 Å². The third-order valence-electron chi connectivity index (χ3n) is 5.14. The normalized spacial score (nSPS) is 21.1. The summed E-state index contributed by atoms with van der Waals surface area (Å²) in [6.45, 7) is 5.71. The number of amides is 1.